The molecule has 0 saturated carbocycles. The van der Waals surface area contributed by atoms with E-state index in [0.29, 0.717) is 0 Å². The van der Waals surface area contributed by atoms with Crippen LogP contribution in [-0.4, -0.2) is 31.1 Å². The van der Waals surface area contributed by atoms with Crippen molar-refractivity contribution in [3.63, 3.8) is 0 Å². The number of aromatic nitrogens is 1. The number of carbonyl (C=O) groups excluding carboxylic acids is 2. The number of anilines is 1. The Morgan fingerprint density at radius 1 is 1.29 bits per heavy atom. The molecule has 0 aliphatic carbocycles. The van der Waals surface area contributed by atoms with Gasteiger partial charge in [-0.3, -0.25) is 0 Å². The normalized spacial score (nSPS) is 9.57. The topological polar surface area (TPSA) is 94.4 Å². The maximum absolute atomic E-state index is 11.1. The van der Waals surface area contributed by atoms with Gasteiger partial charge in [-0.15, -0.1) is 0 Å². The fourth-order valence-electron chi connectivity index (χ4n) is 0.984. The molecule has 0 radical (unpaired) electrons. The molecule has 6 heteroatoms. The molecule has 0 unspecified atom stereocenters. The quantitative estimate of drug-likeness (QED) is 0.660. The van der Waals surface area contributed by atoms with Crippen LogP contribution < -0.4 is 5.73 Å². The monoisotopic (exact) mass is 198 g/mol. The molecule has 0 aliphatic rings. The van der Waals surface area contributed by atoms with Gasteiger partial charge in [-0.1, -0.05) is 0 Å². The van der Waals surface area contributed by atoms with Crippen molar-refractivity contribution < 1.29 is 19.1 Å². The number of hydrogen-bond donors (Lipinski definition) is 2. The Balaban J connectivity index is 3.08. The number of methoxy groups -OCH3 is 2. The van der Waals surface area contributed by atoms with E-state index in [2.05, 4.69) is 14.5 Å². The standard InChI is InChI=1S/C8H10N2O4/c1-13-7(11)4-3-10-6(5(4)9)8(12)14-2/h3,10H,9H2,1-2H3. The van der Waals surface area contributed by atoms with Crippen LogP contribution in [0.25, 0.3) is 0 Å². The molecule has 1 heterocycles. The van der Waals surface area contributed by atoms with Crippen molar-refractivity contribution in [3.8, 4) is 0 Å². The van der Waals surface area contributed by atoms with E-state index in [1.54, 1.807) is 0 Å². The second kappa shape index (κ2) is 3.82. The van der Waals surface area contributed by atoms with Crippen LogP contribution in [0.15, 0.2) is 6.20 Å². The minimum Gasteiger partial charge on any atom is -0.465 e. The van der Waals surface area contributed by atoms with Gasteiger partial charge in [0.2, 0.25) is 0 Å². The van der Waals surface area contributed by atoms with Crippen LogP contribution in [0, 0.1) is 0 Å². The lowest BCUT2D eigenvalue weighted by Crippen LogP contribution is -2.07. The highest BCUT2D eigenvalue weighted by Gasteiger charge is 2.19. The molecule has 0 saturated heterocycles. The Hall–Kier alpha value is -1.98. The summed E-state index contributed by atoms with van der Waals surface area (Å²) in [5.74, 6) is -1.23. The molecule has 0 fully saturated rings. The molecule has 76 valence electrons. The predicted molar refractivity (Wildman–Crippen MR) is 47.9 cm³/mol. The van der Waals surface area contributed by atoms with Crippen molar-refractivity contribution in [1.82, 2.24) is 4.98 Å². The molecular weight excluding hydrogens is 188 g/mol. The summed E-state index contributed by atoms with van der Waals surface area (Å²) in [6.07, 6.45) is 1.30. The number of H-pyrrole nitrogens is 1. The smallest absolute Gasteiger partial charge is 0.356 e. The van der Waals surface area contributed by atoms with Gasteiger partial charge in [-0.2, -0.15) is 0 Å². The van der Waals surface area contributed by atoms with Crippen LogP contribution in [0.4, 0.5) is 5.69 Å². The SMILES string of the molecule is COC(=O)c1c[nH]c(C(=O)OC)c1N. The molecule has 14 heavy (non-hydrogen) atoms. The van der Waals surface area contributed by atoms with Gasteiger partial charge in [0.05, 0.1) is 19.9 Å². The van der Waals surface area contributed by atoms with Crippen LogP contribution >= 0.6 is 0 Å². The van der Waals surface area contributed by atoms with E-state index in [4.69, 9.17) is 5.73 Å². The molecule has 0 atom stereocenters. The highest BCUT2D eigenvalue weighted by Crippen LogP contribution is 2.18. The fourth-order valence-corrected chi connectivity index (χ4v) is 0.984. The summed E-state index contributed by atoms with van der Waals surface area (Å²) in [5.41, 5.74) is 5.72. The minimum atomic E-state index is -0.627. The number of carbonyl (C=O) groups is 2. The first-order valence-corrected chi connectivity index (χ1v) is 3.75. The van der Waals surface area contributed by atoms with Crippen LogP contribution in [-0.2, 0) is 9.47 Å². The summed E-state index contributed by atoms with van der Waals surface area (Å²) in [5, 5.41) is 0. The molecule has 0 aromatic carbocycles. The summed E-state index contributed by atoms with van der Waals surface area (Å²) in [7, 11) is 2.45. The molecule has 6 nitrogen and oxygen atoms in total. The molecule has 1 rings (SSSR count). The molecule has 0 aliphatic heterocycles. The third-order valence-corrected chi connectivity index (χ3v) is 1.72. The first kappa shape index (κ1) is 10.1. The van der Waals surface area contributed by atoms with Crippen LogP contribution in [0.5, 0.6) is 0 Å². The molecule has 0 amide bonds. The number of hydrogen-bond acceptors (Lipinski definition) is 5. The Morgan fingerprint density at radius 2 is 1.86 bits per heavy atom. The van der Waals surface area contributed by atoms with Gasteiger partial charge in [0, 0.05) is 6.20 Å². The first-order valence-electron chi connectivity index (χ1n) is 3.75. The maximum atomic E-state index is 11.1. The van der Waals surface area contributed by atoms with Gasteiger partial charge < -0.3 is 20.2 Å². The molecule has 0 spiro atoms. The number of esters is 2. The Morgan fingerprint density at radius 3 is 2.36 bits per heavy atom. The molecule has 3 N–H and O–H groups in total. The molecule has 1 aromatic rings. The summed E-state index contributed by atoms with van der Waals surface area (Å²) < 4.78 is 8.89. The Labute approximate surface area is 80.0 Å². The van der Waals surface area contributed by atoms with Crippen molar-refractivity contribution in [3.05, 3.63) is 17.5 Å². The van der Waals surface area contributed by atoms with Crippen molar-refractivity contribution in [2.75, 3.05) is 20.0 Å². The second-order valence-electron chi connectivity index (χ2n) is 2.47. The van der Waals surface area contributed by atoms with Crippen LogP contribution in [0.3, 0.4) is 0 Å². The van der Waals surface area contributed by atoms with E-state index < -0.39 is 11.9 Å². The van der Waals surface area contributed by atoms with Gasteiger partial charge >= 0.3 is 11.9 Å². The lowest BCUT2D eigenvalue weighted by molar-refractivity contribution is 0.0594. The van der Waals surface area contributed by atoms with E-state index in [9.17, 15) is 9.59 Å². The van der Waals surface area contributed by atoms with Gasteiger partial charge in [-0.05, 0) is 0 Å². The highest BCUT2D eigenvalue weighted by atomic mass is 16.5. The predicted octanol–water partition coefficient (Wildman–Crippen LogP) is 0.170. The van der Waals surface area contributed by atoms with Crippen LogP contribution in [0.2, 0.25) is 0 Å². The Kier molecular flexibility index (Phi) is 2.76. The fraction of sp³-hybridized carbons (Fsp3) is 0.250. The third-order valence-electron chi connectivity index (χ3n) is 1.72. The van der Waals surface area contributed by atoms with E-state index in [1.807, 2.05) is 0 Å². The summed E-state index contributed by atoms with van der Waals surface area (Å²) in [6.45, 7) is 0. The zero-order chi connectivity index (χ0) is 10.7. The van der Waals surface area contributed by atoms with Gasteiger partial charge in [0.1, 0.15) is 11.3 Å². The van der Waals surface area contributed by atoms with Crippen molar-refractivity contribution >= 4 is 17.6 Å². The van der Waals surface area contributed by atoms with E-state index in [-0.39, 0.29) is 16.9 Å². The molecule has 0 bridgehead atoms. The number of nitrogens with two attached hydrogens (primary N) is 1. The highest BCUT2D eigenvalue weighted by molar-refractivity contribution is 6.02. The summed E-state index contributed by atoms with van der Waals surface area (Å²) in [6, 6.07) is 0. The van der Waals surface area contributed by atoms with Gasteiger partial charge in [0.25, 0.3) is 0 Å². The van der Waals surface area contributed by atoms with E-state index in [0.717, 1.165) is 0 Å². The average Bonchev–Trinajstić information content (AvgIpc) is 2.58. The maximum Gasteiger partial charge on any atom is 0.356 e. The molecular formula is C8H10N2O4. The minimum absolute atomic E-state index is 0.0312. The van der Waals surface area contributed by atoms with Gasteiger partial charge in [0.15, 0.2) is 0 Å². The number of ether oxygens (including phenoxy) is 2. The largest absolute Gasteiger partial charge is 0.465 e. The van der Waals surface area contributed by atoms with E-state index >= 15 is 0 Å². The zero-order valence-electron chi connectivity index (χ0n) is 7.79. The lowest BCUT2D eigenvalue weighted by atomic mass is 10.2. The van der Waals surface area contributed by atoms with Crippen molar-refractivity contribution in [1.29, 1.82) is 0 Å². The van der Waals surface area contributed by atoms with Crippen molar-refractivity contribution in [2.45, 2.75) is 0 Å². The number of rotatable bonds is 2. The average molecular weight is 198 g/mol. The number of aromatic amines is 1. The Bertz CT molecular complexity index is 336. The van der Waals surface area contributed by atoms with E-state index in [1.165, 1.54) is 20.4 Å². The van der Waals surface area contributed by atoms with Crippen LogP contribution in [0.1, 0.15) is 20.8 Å². The second-order valence-corrected chi connectivity index (χ2v) is 2.47. The third kappa shape index (κ3) is 1.54. The first-order chi connectivity index (χ1) is 6.61. The number of nitrogens with one attached hydrogen (secondary N) is 1. The van der Waals surface area contributed by atoms with Crippen molar-refractivity contribution in [2.24, 2.45) is 0 Å². The molecule has 1 aromatic heterocycles. The number of nitrogen functional groups attached to an aromatic ring is 1. The zero-order valence-corrected chi connectivity index (χ0v) is 7.79. The summed E-state index contributed by atoms with van der Waals surface area (Å²) in [4.78, 5) is 24.7. The summed E-state index contributed by atoms with van der Waals surface area (Å²) >= 11 is 0. The lowest BCUT2D eigenvalue weighted by Gasteiger charge is -1.98. The van der Waals surface area contributed by atoms with Gasteiger partial charge in [-0.25, -0.2) is 9.59 Å².